The standard InChI is InChI=1S/C23H24N2O5/c1-14-5-4-6-15(2)22(14)25-12-18(11-21(25)28)23(29)30-13-20(27)24-19-9-7-17(8-10-19)16(3)26/h4-10,18H,11-13H2,1-3H3,(H,24,27)/t18-/m0/s1. The summed E-state index contributed by atoms with van der Waals surface area (Å²) in [4.78, 5) is 49.8. The minimum absolute atomic E-state index is 0.0563. The summed E-state index contributed by atoms with van der Waals surface area (Å²) in [7, 11) is 0. The van der Waals surface area contributed by atoms with Gasteiger partial charge in [0, 0.05) is 29.9 Å². The first kappa shape index (κ1) is 21.2. The van der Waals surface area contributed by atoms with Gasteiger partial charge in [-0.2, -0.15) is 0 Å². The second-order valence-corrected chi connectivity index (χ2v) is 7.44. The second-order valence-electron chi connectivity index (χ2n) is 7.44. The van der Waals surface area contributed by atoms with Gasteiger partial charge < -0.3 is 15.0 Å². The molecule has 0 aliphatic carbocycles. The van der Waals surface area contributed by atoms with Crippen molar-refractivity contribution in [2.45, 2.75) is 27.2 Å². The van der Waals surface area contributed by atoms with Crippen molar-refractivity contribution in [3.63, 3.8) is 0 Å². The minimum Gasteiger partial charge on any atom is -0.455 e. The highest BCUT2D eigenvalue weighted by molar-refractivity contribution is 6.01. The molecular formula is C23H24N2O5. The molecule has 1 fully saturated rings. The highest BCUT2D eigenvalue weighted by atomic mass is 16.5. The fraction of sp³-hybridized carbons (Fsp3) is 0.304. The van der Waals surface area contributed by atoms with Crippen LogP contribution in [0.3, 0.4) is 0 Å². The van der Waals surface area contributed by atoms with Crippen molar-refractivity contribution < 1.29 is 23.9 Å². The first-order valence-electron chi connectivity index (χ1n) is 9.70. The molecule has 156 valence electrons. The first-order valence-corrected chi connectivity index (χ1v) is 9.70. The van der Waals surface area contributed by atoms with Gasteiger partial charge in [-0.1, -0.05) is 18.2 Å². The summed E-state index contributed by atoms with van der Waals surface area (Å²) in [6.07, 6.45) is 0.0563. The molecule has 0 aromatic heterocycles. The van der Waals surface area contributed by atoms with Gasteiger partial charge in [-0.25, -0.2) is 0 Å². The molecule has 1 N–H and O–H groups in total. The van der Waals surface area contributed by atoms with E-state index < -0.39 is 24.4 Å². The molecule has 0 saturated carbocycles. The first-order chi connectivity index (χ1) is 14.3. The Morgan fingerprint density at radius 2 is 1.70 bits per heavy atom. The molecule has 1 aliphatic rings. The Hall–Kier alpha value is -3.48. The average Bonchev–Trinajstić information content (AvgIpc) is 3.08. The van der Waals surface area contributed by atoms with E-state index in [0.29, 0.717) is 11.3 Å². The quantitative estimate of drug-likeness (QED) is 0.586. The Labute approximate surface area is 175 Å². The van der Waals surface area contributed by atoms with Crippen LogP contribution in [0.4, 0.5) is 11.4 Å². The number of carbonyl (C=O) groups excluding carboxylic acids is 4. The van der Waals surface area contributed by atoms with Crippen molar-refractivity contribution in [2.24, 2.45) is 5.92 Å². The van der Waals surface area contributed by atoms with Gasteiger partial charge in [-0.15, -0.1) is 0 Å². The van der Waals surface area contributed by atoms with Gasteiger partial charge in [0.1, 0.15) is 0 Å². The highest BCUT2D eigenvalue weighted by Crippen LogP contribution is 2.31. The van der Waals surface area contributed by atoms with E-state index in [1.165, 1.54) is 6.92 Å². The number of esters is 1. The fourth-order valence-corrected chi connectivity index (χ4v) is 3.55. The van der Waals surface area contributed by atoms with Crippen molar-refractivity contribution in [2.75, 3.05) is 23.4 Å². The van der Waals surface area contributed by atoms with Crippen LogP contribution in [0.2, 0.25) is 0 Å². The molecule has 0 radical (unpaired) electrons. The van der Waals surface area contributed by atoms with Crippen molar-refractivity contribution in [1.82, 2.24) is 0 Å². The maximum atomic E-state index is 12.5. The molecule has 0 unspecified atom stereocenters. The van der Waals surface area contributed by atoms with E-state index >= 15 is 0 Å². The molecule has 2 aromatic carbocycles. The van der Waals surface area contributed by atoms with Crippen molar-refractivity contribution in [3.05, 3.63) is 59.2 Å². The Kier molecular flexibility index (Phi) is 6.30. The number of carbonyl (C=O) groups is 4. The number of benzene rings is 2. The number of anilines is 2. The third kappa shape index (κ3) is 4.74. The molecule has 30 heavy (non-hydrogen) atoms. The second kappa shape index (κ2) is 8.90. The molecule has 7 nitrogen and oxygen atoms in total. The van der Waals surface area contributed by atoms with Gasteiger partial charge in [0.2, 0.25) is 5.91 Å². The van der Waals surface area contributed by atoms with Crippen LogP contribution in [0.15, 0.2) is 42.5 Å². The maximum Gasteiger partial charge on any atom is 0.311 e. The number of hydrogen-bond donors (Lipinski definition) is 1. The number of amides is 2. The average molecular weight is 408 g/mol. The smallest absolute Gasteiger partial charge is 0.311 e. The van der Waals surface area contributed by atoms with E-state index in [9.17, 15) is 19.2 Å². The van der Waals surface area contributed by atoms with Crippen LogP contribution in [0, 0.1) is 19.8 Å². The molecule has 2 aromatic rings. The lowest BCUT2D eigenvalue weighted by Crippen LogP contribution is -2.29. The number of nitrogens with one attached hydrogen (secondary N) is 1. The lowest BCUT2D eigenvalue weighted by Gasteiger charge is -2.21. The van der Waals surface area contributed by atoms with E-state index in [0.717, 1.165) is 16.8 Å². The van der Waals surface area contributed by atoms with Gasteiger partial charge in [0.25, 0.3) is 5.91 Å². The van der Waals surface area contributed by atoms with Crippen molar-refractivity contribution in [1.29, 1.82) is 0 Å². The predicted octanol–water partition coefficient (Wildman–Crippen LogP) is 3.04. The topological polar surface area (TPSA) is 92.8 Å². The molecule has 7 heteroatoms. The summed E-state index contributed by atoms with van der Waals surface area (Å²) in [6.45, 7) is 5.10. The number of ketones is 1. The van der Waals surface area contributed by atoms with E-state index in [1.807, 2.05) is 32.0 Å². The van der Waals surface area contributed by atoms with Crippen LogP contribution >= 0.6 is 0 Å². The van der Waals surface area contributed by atoms with Crippen LogP contribution < -0.4 is 10.2 Å². The zero-order valence-electron chi connectivity index (χ0n) is 17.2. The minimum atomic E-state index is -0.612. The van der Waals surface area contributed by atoms with E-state index in [-0.39, 0.29) is 24.7 Å². The number of nitrogens with zero attached hydrogens (tertiary/aromatic N) is 1. The lowest BCUT2D eigenvalue weighted by atomic mass is 10.1. The fourth-order valence-electron chi connectivity index (χ4n) is 3.55. The number of para-hydroxylation sites is 1. The number of hydrogen-bond acceptors (Lipinski definition) is 5. The zero-order valence-corrected chi connectivity index (χ0v) is 17.2. The number of ether oxygens (including phenoxy) is 1. The number of rotatable bonds is 6. The Morgan fingerprint density at radius 3 is 2.30 bits per heavy atom. The molecule has 3 rings (SSSR count). The molecule has 1 heterocycles. The summed E-state index contributed by atoms with van der Waals surface area (Å²) in [5, 5.41) is 2.61. The summed E-state index contributed by atoms with van der Waals surface area (Å²) < 4.78 is 5.13. The largest absolute Gasteiger partial charge is 0.455 e. The molecular weight excluding hydrogens is 384 g/mol. The van der Waals surface area contributed by atoms with E-state index in [1.54, 1.807) is 29.2 Å². The van der Waals surface area contributed by atoms with E-state index in [2.05, 4.69) is 5.32 Å². The predicted molar refractivity (Wildman–Crippen MR) is 112 cm³/mol. The normalized spacial score (nSPS) is 15.8. The Balaban J connectivity index is 1.54. The third-order valence-corrected chi connectivity index (χ3v) is 5.09. The van der Waals surface area contributed by atoms with Crippen LogP contribution in [-0.2, 0) is 19.1 Å². The van der Waals surface area contributed by atoms with Gasteiger partial charge in [-0.3, -0.25) is 19.2 Å². The molecule has 0 spiro atoms. The van der Waals surface area contributed by atoms with Crippen molar-refractivity contribution >= 4 is 34.9 Å². The highest BCUT2D eigenvalue weighted by Gasteiger charge is 2.37. The van der Waals surface area contributed by atoms with E-state index in [4.69, 9.17) is 4.74 Å². The molecule has 1 atom stereocenters. The maximum absolute atomic E-state index is 12.5. The molecule has 0 bridgehead atoms. The Bertz CT molecular complexity index is 977. The summed E-state index contributed by atoms with van der Waals surface area (Å²) >= 11 is 0. The summed E-state index contributed by atoms with van der Waals surface area (Å²) in [5.74, 6) is -1.87. The van der Waals surface area contributed by atoms with Crippen molar-refractivity contribution in [3.8, 4) is 0 Å². The van der Waals surface area contributed by atoms with Gasteiger partial charge in [0.05, 0.1) is 5.92 Å². The molecule has 1 saturated heterocycles. The van der Waals surface area contributed by atoms with Gasteiger partial charge in [-0.05, 0) is 56.2 Å². The van der Waals surface area contributed by atoms with Crippen LogP contribution in [-0.4, -0.2) is 36.7 Å². The number of Topliss-reactive ketones (excluding diaryl/α,β-unsaturated/α-hetero) is 1. The SMILES string of the molecule is CC(=O)c1ccc(NC(=O)COC(=O)[C@H]2CC(=O)N(c3c(C)cccc3C)C2)cc1. The summed E-state index contributed by atoms with van der Waals surface area (Å²) in [6, 6.07) is 12.2. The van der Waals surface area contributed by atoms with Crippen LogP contribution in [0.5, 0.6) is 0 Å². The summed E-state index contributed by atoms with van der Waals surface area (Å²) in [5.41, 5.74) is 3.79. The van der Waals surface area contributed by atoms with Crippen LogP contribution in [0.25, 0.3) is 0 Å². The van der Waals surface area contributed by atoms with Gasteiger partial charge in [0.15, 0.2) is 12.4 Å². The lowest BCUT2D eigenvalue weighted by molar-refractivity contribution is -0.151. The van der Waals surface area contributed by atoms with Gasteiger partial charge >= 0.3 is 5.97 Å². The van der Waals surface area contributed by atoms with Crippen LogP contribution in [0.1, 0.15) is 34.8 Å². The third-order valence-electron chi connectivity index (χ3n) is 5.09. The molecule has 1 aliphatic heterocycles. The number of aryl methyl sites for hydroxylation is 2. The zero-order chi connectivity index (χ0) is 21.8. The monoisotopic (exact) mass is 408 g/mol. The molecule has 2 amide bonds. The Morgan fingerprint density at radius 1 is 1.07 bits per heavy atom.